The van der Waals surface area contributed by atoms with E-state index in [1.807, 2.05) is 25.1 Å². The molecule has 0 radical (unpaired) electrons. The highest BCUT2D eigenvalue weighted by Crippen LogP contribution is 2.31. The first-order valence-electron chi connectivity index (χ1n) is 10.1. The number of fused-ring (bicyclic) bond motifs is 1. The Kier molecular flexibility index (Phi) is 6.02. The van der Waals surface area contributed by atoms with Crippen LogP contribution in [-0.2, 0) is 17.8 Å². The van der Waals surface area contributed by atoms with Crippen molar-refractivity contribution in [3.05, 3.63) is 71.2 Å². The highest BCUT2D eigenvalue weighted by Gasteiger charge is 2.26. The molecular weight excluding hydrogens is 399 g/mol. The molecule has 0 unspecified atom stereocenters. The van der Waals surface area contributed by atoms with Crippen molar-refractivity contribution in [1.82, 2.24) is 10.1 Å². The number of benzene rings is 2. The highest BCUT2D eigenvalue weighted by atomic mass is 19.1. The second-order valence-electron chi connectivity index (χ2n) is 7.13. The third-order valence-electron chi connectivity index (χ3n) is 5.17. The van der Waals surface area contributed by atoms with Gasteiger partial charge in [0.1, 0.15) is 11.5 Å². The van der Waals surface area contributed by atoms with Crippen LogP contribution >= 0.6 is 0 Å². The first-order chi connectivity index (χ1) is 15.1. The first kappa shape index (κ1) is 20.7. The van der Waals surface area contributed by atoms with Crippen molar-refractivity contribution in [2.24, 2.45) is 0 Å². The van der Waals surface area contributed by atoms with E-state index in [0.29, 0.717) is 43.4 Å². The Labute approximate surface area is 179 Å². The number of rotatable bonds is 6. The maximum absolute atomic E-state index is 13.2. The molecule has 160 valence electrons. The van der Waals surface area contributed by atoms with Gasteiger partial charge in [0.15, 0.2) is 17.3 Å². The highest BCUT2D eigenvalue weighted by molar-refractivity contribution is 5.92. The lowest BCUT2D eigenvalue weighted by molar-refractivity contribution is -0.126. The lowest BCUT2D eigenvalue weighted by atomic mass is 10.0. The van der Waals surface area contributed by atoms with E-state index in [2.05, 4.69) is 5.16 Å². The summed E-state index contributed by atoms with van der Waals surface area (Å²) in [6.07, 6.45) is 3.92. The molecule has 31 heavy (non-hydrogen) atoms. The number of nitrogens with zero attached hydrogens (tertiary/aromatic N) is 2. The number of amides is 1. The number of hydrogen-bond donors (Lipinski definition) is 0. The number of carbonyl (C=O) groups excluding carboxylic acids is 1. The summed E-state index contributed by atoms with van der Waals surface area (Å²) in [5.74, 6) is 1.52. The Hall–Kier alpha value is -3.61. The van der Waals surface area contributed by atoms with Crippen molar-refractivity contribution < 1.29 is 23.2 Å². The van der Waals surface area contributed by atoms with Gasteiger partial charge in [-0.1, -0.05) is 11.2 Å². The van der Waals surface area contributed by atoms with E-state index in [4.69, 9.17) is 14.0 Å². The van der Waals surface area contributed by atoms with Gasteiger partial charge in [-0.15, -0.1) is 0 Å². The predicted octanol–water partition coefficient (Wildman–Crippen LogP) is 4.49. The van der Waals surface area contributed by atoms with Gasteiger partial charge >= 0.3 is 0 Å². The summed E-state index contributed by atoms with van der Waals surface area (Å²) >= 11 is 0. The fourth-order valence-electron chi connectivity index (χ4n) is 3.58. The molecule has 0 bridgehead atoms. The van der Waals surface area contributed by atoms with E-state index in [1.54, 1.807) is 36.3 Å². The minimum atomic E-state index is -0.300. The van der Waals surface area contributed by atoms with Crippen LogP contribution in [0.3, 0.4) is 0 Å². The van der Waals surface area contributed by atoms with Crippen molar-refractivity contribution >= 4 is 12.0 Å². The summed E-state index contributed by atoms with van der Waals surface area (Å²) in [6, 6.07) is 11.6. The molecule has 0 spiro atoms. The minimum Gasteiger partial charge on any atom is -0.493 e. The van der Waals surface area contributed by atoms with Crippen LogP contribution < -0.4 is 9.47 Å². The van der Waals surface area contributed by atoms with E-state index in [-0.39, 0.29) is 11.7 Å². The lowest BCUT2D eigenvalue weighted by Crippen LogP contribution is -2.34. The zero-order valence-corrected chi connectivity index (χ0v) is 17.4. The minimum absolute atomic E-state index is 0.107. The van der Waals surface area contributed by atoms with Crippen LogP contribution in [0.1, 0.15) is 23.7 Å². The monoisotopic (exact) mass is 422 g/mol. The van der Waals surface area contributed by atoms with Gasteiger partial charge in [-0.2, -0.15) is 0 Å². The van der Waals surface area contributed by atoms with Gasteiger partial charge in [0.25, 0.3) is 0 Å². The molecule has 6 nitrogen and oxygen atoms in total. The van der Waals surface area contributed by atoms with Gasteiger partial charge < -0.3 is 18.9 Å². The van der Waals surface area contributed by atoms with Crippen molar-refractivity contribution in [3.63, 3.8) is 0 Å². The summed E-state index contributed by atoms with van der Waals surface area (Å²) in [5.41, 5.74) is 3.32. The maximum Gasteiger partial charge on any atom is 0.246 e. The van der Waals surface area contributed by atoms with E-state index < -0.39 is 0 Å². The molecule has 0 aliphatic carbocycles. The van der Waals surface area contributed by atoms with Crippen molar-refractivity contribution in [1.29, 1.82) is 0 Å². The largest absolute Gasteiger partial charge is 0.493 e. The second-order valence-corrected chi connectivity index (χ2v) is 7.13. The topological polar surface area (TPSA) is 64.8 Å². The zero-order valence-electron chi connectivity index (χ0n) is 17.4. The van der Waals surface area contributed by atoms with Crippen LogP contribution in [0.5, 0.6) is 11.5 Å². The molecule has 2 heterocycles. The molecule has 0 saturated heterocycles. The van der Waals surface area contributed by atoms with Crippen molar-refractivity contribution in [3.8, 4) is 22.8 Å². The second kappa shape index (κ2) is 9.04. The van der Waals surface area contributed by atoms with Gasteiger partial charge in [0.05, 0.1) is 20.3 Å². The predicted molar refractivity (Wildman–Crippen MR) is 114 cm³/mol. The summed E-state index contributed by atoms with van der Waals surface area (Å²) in [7, 11) is 1.58. The average Bonchev–Trinajstić information content (AvgIpc) is 3.22. The smallest absolute Gasteiger partial charge is 0.246 e. The number of aromatic nitrogens is 1. The Morgan fingerprint density at radius 2 is 2.03 bits per heavy atom. The number of halogens is 1. The average molecular weight is 422 g/mol. The maximum atomic E-state index is 13.2. The molecule has 0 fully saturated rings. The van der Waals surface area contributed by atoms with Crippen LogP contribution in [0, 0.1) is 5.82 Å². The normalized spacial score (nSPS) is 13.3. The molecule has 0 N–H and O–H groups in total. The third-order valence-corrected chi connectivity index (χ3v) is 5.17. The number of ether oxygens (including phenoxy) is 2. The molecule has 4 rings (SSSR count). The van der Waals surface area contributed by atoms with Gasteiger partial charge in [0, 0.05) is 23.7 Å². The van der Waals surface area contributed by atoms with Crippen LogP contribution in [0.2, 0.25) is 0 Å². The van der Waals surface area contributed by atoms with Gasteiger partial charge in [-0.3, -0.25) is 4.79 Å². The molecular formula is C24H23FN2O4. The Morgan fingerprint density at radius 1 is 1.23 bits per heavy atom. The summed E-state index contributed by atoms with van der Waals surface area (Å²) < 4.78 is 29.6. The third kappa shape index (κ3) is 4.45. The van der Waals surface area contributed by atoms with Gasteiger partial charge in [-0.25, -0.2) is 4.39 Å². The molecule has 0 saturated carbocycles. The Bertz CT molecular complexity index is 1110. The van der Waals surface area contributed by atoms with E-state index in [1.165, 1.54) is 12.1 Å². The molecule has 7 heteroatoms. The standard InChI is InChI=1S/C24H23FN2O4/c1-3-30-21-10-4-16(14-22(21)29-2)5-11-23(28)27-13-12-19-20(15-27)26-31-24(19)17-6-8-18(25)9-7-17/h4-11,14H,3,12-13,15H2,1-2H3/b11-5+. The van der Waals surface area contributed by atoms with Crippen molar-refractivity contribution in [2.45, 2.75) is 19.9 Å². The quantitative estimate of drug-likeness (QED) is 0.548. The zero-order chi connectivity index (χ0) is 21.8. The van der Waals surface area contributed by atoms with Crippen LogP contribution in [0.15, 0.2) is 53.1 Å². The van der Waals surface area contributed by atoms with Gasteiger partial charge in [-0.05, 0) is 61.4 Å². The Morgan fingerprint density at radius 3 is 2.77 bits per heavy atom. The summed E-state index contributed by atoms with van der Waals surface area (Å²) in [6.45, 7) is 3.38. The molecule has 1 aliphatic rings. The number of hydrogen-bond acceptors (Lipinski definition) is 5. The molecule has 1 aliphatic heterocycles. The number of methoxy groups -OCH3 is 1. The number of carbonyl (C=O) groups is 1. The fourth-order valence-corrected chi connectivity index (χ4v) is 3.58. The van der Waals surface area contributed by atoms with Gasteiger partial charge in [0.2, 0.25) is 5.91 Å². The molecule has 0 atom stereocenters. The first-order valence-corrected chi connectivity index (χ1v) is 10.1. The molecule has 1 aromatic heterocycles. The summed E-state index contributed by atoms with van der Waals surface area (Å²) in [5, 5.41) is 4.14. The molecule has 2 aromatic carbocycles. The lowest BCUT2D eigenvalue weighted by Gasteiger charge is -2.24. The Balaban J connectivity index is 1.45. The van der Waals surface area contributed by atoms with Crippen LogP contribution in [0.25, 0.3) is 17.4 Å². The van der Waals surface area contributed by atoms with E-state index in [9.17, 15) is 9.18 Å². The van der Waals surface area contributed by atoms with E-state index in [0.717, 1.165) is 22.4 Å². The van der Waals surface area contributed by atoms with Crippen LogP contribution in [-0.4, -0.2) is 36.2 Å². The van der Waals surface area contributed by atoms with Crippen molar-refractivity contribution in [2.75, 3.05) is 20.3 Å². The SMILES string of the molecule is CCOc1ccc(/C=C/C(=O)N2CCc3c(noc3-c3ccc(F)cc3)C2)cc1OC. The summed E-state index contributed by atoms with van der Waals surface area (Å²) in [4.78, 5) is 14.4. The van der Waals surface area contributed by atoms with E-state index >= 15 is 0 Å². The molecule has 3 aromatic rings. The van der Waals surface area contributed by atoms with Crippen LogP contribution in [0.4, 0.5) is 4.39 Å². The fraction of sp³-hybridized carbons (Fsp3) is 0.250. The molecule has 1 amide bonds.